The Balaban J connectivity index is 0.000000371. The number of halogens is 1. The number of benzene rings is 1. The lowest BCUT2D eigenvalue weighted by Crippen LogP contribution is -1.59. The first-order valence-corrected chi connectivity index (χ1v) is 4.91. The molecule has 1 aromatic carbocycles. The van der Waals surface area contributed by atoms with E-state index >= 15 is 0 Å². The molecule has 0 nitrogen and oxygen atoms in total. The smallest absolute Gasteiger partial charge is 0.0233 e. The third kappa shape index (κ3) is 3.80. The maximum Gasteiger partial charge on any atom is 0.0233 e. The highest BCUT2D eigenvalue weighted by Gasteiger charge is 1.82. The van der Waals surface area contributed by atoms with Gasteiger partial charge in [-0.3, -0.25) is 0 Å². The summed E-state index contributed by atoms with van der Waals surface area (Å²) >= 11 is 0. The van der Waals surface area contributed by atoms with Gasteiger partial charge in [-0.2, -0.15) is 0 Å². The number of rotatable bonds is 1. The first-order chi connectivity index (χ1) is 4.93. The van der Waals surface area contributed by atoms with Crippen LogP contribution in [0.3, 0.4) is 0 Å². The van der Waals surface area contributed by atoms with Crippen LogP contribution < -0.4 is 0 Å². The van der Waals surface area contributed by atoms with Crippen LogP contribution in [0, 0.1) is 0 Å². The summed E-state index contributed by atoms with van der Waals surface area (Å²) in [5, 5.41) is 0. The highest BCUT2D eigenvalue weighted by atomic mass is 35.7. The van der Waals surface area contributed by atoms with Crippen molar-refractivity contribution in [3.63, 3.8) is 0 Å². The molecule has 2 heteroatoms. The molecule has 0 saturated carbocycles. The summed E-state index contributed by atoms with van der Waals surface area (Å²) < 4.78 is 0. The topological polar surface area (TPSA) is 0 Å². The van der Waals surface area contributed by atoms with Crippen LogP contribution in [-0.2, 0) is 0 Å². The third-order valence-electron chi connectivity index (χ3n) is 0.832. The fraction of sp³-hybridized carbons (Fsp3) is 0.250. The Kier molecular flexibility index (Phi) is 6.88. The lowest BCUT2D eigenvalue weighted by Gasteiger charge is -1.86. The van der Waals surface area contributed by atoms with Gasteiger partial charge in [-0.15, -0.1) is 0 Å². The molecule has 56 valence electrons. The molecule has 1 rings (SSSR count). The normalized spacial score (nSPS) is 7.90. The minimum Gasteiger partial charge on any atom is -0.0683 e. The van der Waals surface area contributed by atoms with Crippen LogP contribution >= 0.6 is 21.7 Å². The Hall–Kier alpha value is -0.140. The van der Waals surface area contributed by atoms with Crippen LogP contribution in [0.5, 0.6) is 0 Å². The van der Waals surface area contributed by atoms with E-state index in [0.29, 0.717) is 0 Å². The first kappa shape index (κ1) is 9.86. The van der Waals surface area contributed by atoms with Gasteiger partial charge in [-0.05, 0) is 33.8 Å². The Morgan fingerprint density at radius 2 is 1.60 bits per heavy atom. The van der Waals surface area contributed by atoms with Crippen LogP contribution in [0.25, 0.3) is 0 Å². The summed E-state index contributed by atoms with van der Waals surface area (Å²) in [6.45, 7) is 4.00. The Bertz CT molecular complexity index is 151. The van der Waals surface area contributed by atoms with E-state index in [4.69, 9.17) is 10.7 Å². The van der Waals surface area contributed by atoms with Crippen molar-refractivity contribution in [3.8, 4) is 0 Å². The molecule has 0 saturated heterocycles. The van der Waals surface area contributed by atoms with Gasteiger partial charge in [0.25, 0.3) is 0 Å². The number of hydrogen-bond donors (Lipinski definition) is 0. The van der Waals surface area contributed by atoms with Gasteiger partial charge in [-0.25, -0.2) is 0 Å². The molecule has 0 aliphatic heterocycles. The van der Waals surface area contributed by atoms with Crippen molar-refractivity contribution in [2.24, 2.45) is 0 Å². The van der Waals surface area contributed by atoms with Gasteiger partial charge in [-0.1, -0.05) is 32.0 Å². The monoisotopic (exact) mass is 174 g/mol. The maximum atomic E-state index is 5.44. The molecule has 0 aliphatic rings. The molecule has 0 aliphatic carbocycles. The molecule has 0 aromatic heterocycles. The van der Waals surface area contributed by atoms with Gasteiger partial charge in [0.1, 0.15) is 0 Å². The fourth-order valence-corrected chi connectivity index (χ4v) is 1.04. The van der Waals surface area contributed by atoms with Crippen molar-refractivity contribution in [1.29, 1.82) is 0 Å². The van der Waals surface area contributed by atoms with Gasteiger partial charge in [0.15, 0.2) is 0 Å². The van der Waals surface area contributed by atoms with Crippen molar-refractivity contribution >= 4 is 21.7 Å². The van der Waals surface area contributed by atoms with E-state index in [0.717, 1.165) is 4.90 Å². The highest BCUT2D eigenvalue weighted by molar-refractivity contribution is 8.21. The third-order valence-corrected chi connectivity index (χ3v) is 1.82. The molecule has 1 aromatic rings. The van der Waals surface area contributed by atoms with Crippen molar-refractivity contribution < 1.29 is 0 Å². The second kappa shape index (κ2) is 6.97. The van der Waals surface area contributed by atoms with Gasteiger partial charge < -0.3 is 0 Å². The Morgan fingerprint density at radius 1 is 1.10 bits per heavy atom. The molecular formula is C8H11ClS. The van der Waals surface area contributed by atoms with E-state index in [1.165, 1.54) is 11.0 Å². The second-order valence-corrected chi connectivity index (χ2v) is 2.48. The maximum absolute atomic E-state index is 5.44. The summed E-state index contributed by atoms with van der Waals surface area (Å²) in [5.41, 5.74) is 0. The van der Waals surface area contributed by atoms with E-state index in [9.17, 15) is 0 Å². The molecule has 0 bridgehead atoms. The minimum absolute atomic E-state index is 1.09. The summed E-state index contributed by atoms with van der Waals surface area (Å²) in [7, 11) is 6.68. The summed E-state index contributed by atoms with van der Waals surface area (Å²) in [6, 6.07) is 9.83. The molecule has 0 unspecified atom stereocenters. The molecule has 0 N–H and O–H groups in total. The second-order valence-electron chi connectivity index (χ2n) is 1.39. The van der Waals surface area contributed by atoms with E-state index in [2.05, 4.69) is 0 Å². The average molecular weight is 175 g/mol. The van der Waals surface area contributed by atoms with Crippen molar-refractivity contribution in [2.75, 3.05) is 0 Å². The molecule has 0 atom stereocenters. The van der Waals surface area contributed by atoms with Crippen molar-refractivity contribution in [2.45, 2.75) is 18.7 Å². The largest absolute Gasteiger partial charge is 0.0683 e. The average Bonchev–Trinajstić information content (AvgIpc) is 2.10. The zero-order chi connectivity index (χ0) is 7.82. The zero-order valence-corrected chi connectivity index (χ0v) is 7.75. The Labute approximate surface area is 71.1 Å². The quantitative estimate of drug-likeness (QED) is 0.621. The van der Waals surface area contributed by atoms with Crippen LogP contribution in [0.15, 0.2) is 35.2 Å². The lowest BCUT2D eigenvalue weighted by molar-refractivity contribution is 1.48. The standard InChI is InChI=1S/C6H5ClS.C2H6/c7-8-6-4-2-1-3-5-6;1-2/h1-5H;1-2H3. The molecule has 0 spiro atoms. The van der Waals surface area contributed by atoms with Gasteiger partial charge in [0, 0.05) is 4.90 Å². The molecule has 0 heterocycles. The Morgan fingerprint density at radius 3 is 1.90 bits per heavy atom. The molecule has 10 heavy (non-hydrogen) atoms. The van der Waals surface area contributed by atoms with Gasteiger partial charge in [0.05, 0.1) is 0 Å². The number of hydrogen-bond acceptors (Lipinski definition) is 1. The predicted octanol–water partition coefficient (Wildman–Crippen LogP) is 3.96. The van der Waals surface area contributed by atoms with Gasteiger partial charge >= 0.3 is 0 Å². The fourth-order valence-electron chi connectivity index (χ4n) is 0.472. The van der Waals surface area contributed by atoms with E-state index in [1.54, 1.807) is 0 Å². The van der Waals surface area contributed by atoms with E-state index in [-0.39, 0.29) is 0 Å². The first-order valence-electron chi connectivity index (χ1n) is 3.27. The molecule has 0 amide bonds. The van der Waals surface area contributed by atoms with Crippen LogP contribution in [0.4, 0.5) is 0 Å². The van der Waals surface area contributed by atoms with Crippen molar-refractivity contribution in [1.82, 2.24) is 0 Å². The summed E-state index contributed by atoms with van der Waals surface area (Å²) in [5.74, 6) is 0. The summed E-state index contributed by atoms with van der Waals surface area (Å²) in [6.07, 6.45) is 0. The lowest BCUT2D eigenvalue weighted by atomic mass is 10.4. The van der Waals surface area contributed by atoms with E-state index in [1.807, 2.05) is 44.2 Å². The molecule has 0 fully saturated rings. The summed E-state index contributed by atoms with van der Waals surface area (Å²) in [4.78, 5) is 1.09. The minimum atomic E-state index is 1.09. The molecular weight excluding hydrogens is 164 g/mol. The van der Waals surface area contributed by atoms with Crippen LogP contribution in [-0.4, -0.2) is 0 Å². The van der Waals surface area contributed by atoms with Crippen LogP contribution in [0.1, 0.15) is 13.8 Å². The zero-order valence-electron chi connectivity index (χ0n) is 6.17. The SMILES string of the molecule is CC.ClSc1ccccc1. The van der Waals surface area contributed by atoms with E-state index < -0.39 is 0 Å². The molecule has 0 radical (unpaired) electrons. The van der Waals surface area contributed by atoms with Gasteiger partial charge in [0.2, 0.25) is 0 Å². The highest BCUT2D eigenvalue weighted by Crippen LogP contribution is 2.19. The van der Waals surface area contributed by atoms with Crippen molar-refractivity contribution in [3.05, 3.63) is 30.3 Å². The van der Waals surface area contributed by atoms with Crippen LogP contribution in [0.2, 0.25) is 0 Å². The predicted molar refractivity (Wildman–Crippen MR) is 49.5 cm³/mol.